The van der Waals surface area contributed by atoms with Crippen LogP contribution in [0.2, 0.25) is 5.15 Å². The minimum Gasteiger partial charge on any atom is -0.370 e. The van der Waals surface area contributed by atoms with E-state index in [-0.39, 0.29) is 11.5 Å². The number of rotatable bonds is 7. The molecule has 130 valence electrons. The topological polar surface area (TPSA) is 88.8 Å². The van der Waals surface area contributed by atoms with Crippen LogP contribution in [0.25, 0.3) is 5.57 Å². The predicted molar refractivity (Wildman–Crippen MR) is 98.4 cm³/mol. The number of carbonyl (C=O) groups excluding carboxylic acids is 1. The van der Waals surface area contributed by atoms with Crippen LogP contribution in [0.3, 0.4) is 0 Å². The molecule has 3 rings (SSSR count). The van der Waals surface area contributed by atoms with E-state index in [1.165, 1.54) is 0 Å². The maximum absolute atomic E-state index is 12.3. The zero-order chi connectivity index (χ0) is 17.8. The second kappa shape index (κ2) is 7.66. The average Bonchev–Trinajstić information content (AvgIpc) is 3.40. The van der Waals surface area contributed by atoms with Crippen LogP contribution in [0.4, 0.5) is 0 Å². The maximum Gasteiger partial charge on any atom is 0.251 e. The molecule has 3 N–H and O–H groups in total. The molecule has 1 aliphatic rings. The molecule has 1 aliphatic carbocycles. The number of nitrogens with two attached hydrogens (primary N) is 1. The number of nitrogens with one attached hydrogen (secondary N) is 1. The normalized spacial score (nSPS) is 14.5. The molecule has 2 aromatic rings. The van der Waals surface area contributed by atoms with Crippen LogP contribution in [-0.2, 0) is 4.79 Å². The Hall–Kier alpha value is -2.40. The highest BCUT2D eigenvalue weighted by Gasteiger charge is 2.26. The number of H-pyrrole nitrogens is 1. The lowest BCUT2D eigenvalue weighted by molar-refractivity contribution is -0.118. The molecule has 0 aromatic carbocycles. The number of nitrogens with zero attached hydrogens (tertiary/aromatic N) is 1. The van der Waals surface area contributed by atoms with Crippen LogP contribution in [0, 0.1) is 0 Å². The first kappa shape index (κ1) is 17.4. The largest absolute Gasteiger partial charge is 0.370 e. The third kappa shape index (κ3) is 4.57. The van der Waals surface area contributed by atoms with Gasteiger partial charge < -0.3 is 10.7 Å². The molecule has 5 nitrogen and oxygen atoms in total. The van der Waals surface area contributed by atoms with Crippen molar-refractivity contribution in [1.29, 1.82) is 0 Å². The van der Waals surface area contributed by atoms with Crippen LogP contribution in [-0.4, -0.2) is 15.9 Å². The highest BCUT2D eigenvalue weighted by Crippen LogP contribution is 2.38. The molecule has 6 heteroatoms. The first-order valence-corrected chi connectivity index (χ1v) is 8.76. The smallest absolute Gasteiger partial charge is 0.251 e. The van der Waals surface area contributed by atoms with Gasteiger partial charge in [0.15, 0.2) is 0 Å². The van der Waals surface area contributed by atoms with Crippen molar-refractivity contribution in [2.45, 2.75) is 38.0 Å². The van der Waals surface area contributed by atoms with Crippen molar-refractivity contribution < 1.29 is 4.79 Å². The van der Waals surface area contributed by atoms with Gasteiger partial charge in [-0.05, 0) is 49.8 Å². The summed E-state index contributed by atoms with van der Waals surface area (Å²) in [6.07, 6.45) is 7.50. The van der Waals surface area contributed by atoms with Crippen molar-refractivity contribution in [3.63, 3.8) is 0 Å². The summed E-state index contributed by atoms with van der Waals surface area (Å²) in [7, 11) is 0. The summed E-state index contributed by atoms with van der Waals surface area (Å²) in [5.74, 6) is 0.0864. The molecule has 0 spiro atoms. The Kier molecular flexibility index (Phi) is 5.34. The Morgan fingerprint density at radius 1 is 1.32 bits per heavy atom. The minimum atomic E-state index is -0.315. The number of aromatic amines is 1. The molecule has 1 fully saturated rings. The molecular formula is C19H20ClN3O2. The van der Waals surface area contributed by atoms with Gasteiger partial charge in [0.05, 0.1) is 0 Å². The number of amides is 1. The average molecular weight is 358 g/mol. The fraction of sp³-hybridized carbons (Fsp3) is 0.316. The summed E-state index contributed by atoms with van der Waals surface area (Å²) in [5, 5.41) is 0.411. The molecule has 0 unspecified atom stereocenters. The molecule has 0 saturated heterocycles. The van der Waals surface area contributed by atoms with Crippen molar-refractivity contribution in [2.75, 3.05) is 0 Å². The number of primary amides is 1. The third-order valence-corrected chi connectivity index (χ3v) is 4.49. The molecule has 0 bridgehead atoms. The van der Waals surface area contributed by atoms with Gasteiger partial charge in [-0.2, -0.15) is 0 Å². The summed E-state index contributed by atoms with van der Waals surface area (Å²) < 4.78 is 0. The van der Waals surface area contributed by atoms with E-state index in [0.29, 0.717) is 30.3 Å². The number of unbranched alkanes of at least 4 members (excludes halogenated alkanes) is 1. The van der Waals surface area contributed by atoms with Crippen LogP contribution < -0.4 is 11.3 Å². The molecule has 0 aliphatic heterocycles. The zero-order valence-corrected chi connectivity index (χ0v) is 14.6. The van der Waals surface area contributed by atoms with Crippen molar-refractivity contribution in [3.8, 4) is 0 Å². The SMILES string of the molecule is NC(=O)CCC/C=C(\c1ccc(Cl)nc1)c1ccc(C2CC2)c(=O)[nH]1. The molecule has 1 amide bonds. The molecule has 0 radical (unpaired) electrons. The number of hydrogen-bond donors (Lipinski definition) is 2. The fourth-order valence-electron chi connectivity index (χ4n) is 2.80. The Morgan fingerprint density at radius 3 is 2.72 bits per heavy atom. The Bertz CT molecular complexity index is 852. The highest BCUT2D eigenvalue weighted by molar-refractivity contribution is 6.29. The fourth-order valence-corrected chi connectivity index (χ4v) is 2.91. The van der Waals surface area contributed by atoms with Gasteiger partial charge in [0.2, 0.25) is 5.91 Å². The standard InChI is InChI=1S/C19H20ClN3O2/c20-17-10-7-13(11-22-17)14(3-1-2-4-18(21)24)16-9-8-15(12-5-6-12)19(25)23-16/h3,7-12H,1-2,4-6H2,(H2,21,24)(H,23,25)/b14-3+. The predicted octanol–water partition coefficient (Wildman–Crippen LogP) is 3.39. The summed E-state index contributed by atoms with van der Waals surface area (Å²) in [6.45, 7) is 0. The first-order chi connectivity index (χ1) is 12.0. The number of allylic oxidation sites excluding steroid dienone is 1. The molecule has 0 atom stereocenters. The van der Waals surface area contributed by atoms with E-state index in [1.807, 2.05) is 24.3 Å². The molecule has 2 aromatic heterocycles. The lowest BCUT2D eigenvalue weighted by Gasteiger charge is -2.09. The van der Waals surface area contributed by atoms with Crippen LogP contribution in [0.1, 0.15) is 54.8 Å². The molecule has 2 heterocycles. The molecule has 25 heavy (non-hydrogen) atoms. The molecule has 1 saturated carbocycles. The van der Waals surface area contributed by atoms with E-state index in [2.05, 4.69) is 9.97 Å². The van der Waals surface area contributed by atoms with Crippen LogP contribution in [0.5, 0.6) is 0 Å². The van der Waals surface area contributed by atoms with Crippen molar-refractivity contribution >= 4 is 23.1 Å². The molecular weight excluding hydrogens is 338 g/mol. The van der Waals surface area contributed by atoms with E-state index in [9.17, 15) is 9.59 Å². The van der Waals surface area contributed by atoms with Gasteiger partial charge in [-0.15, -0.1) is 0 Å². The van der Waals surface area contributed by atoms with Gasteiger partial charge >= 0.3 is 0 Å². The zero-order valence-electron chi connectivity index (χ0n) is 13.8. The number of halogens is 1. The van der Waals surface area contributed by atoms with E-state index < -0.39 is 0 Å². The Morgan fingerprint density at radius 2 is 2.12 bits per heavy atom. The van der Waals surface area contributed by atoms with Gasteiger partial charge in [-0.3, -0.25) is 9.59 Å². The van der Waals surface area contributed by atoms with E-state index in [1.54, 1.807) is 12.3 Å². The second-order valence-corrected chi connectivity index (χ2v) is 6.66. The minimum absolute atomic E-state index is 0.0371. The van der Waals surface area contributed by atoms with E-state index in [0.717, 1.165) is 35.2 Å². The number of pyridine rings is 2. The summed E-state index contributed by atoms with van der Waals surface area (Å²) >= 11 is 5.87. The lowest BCUT2D eigenvalue weighted by Crippen LogP contribution is -2.13. The Balaban J connectivity index is 1.91. The third-order valence-electron chi connectivity index (χ3n) is 4.26. The van der Waals surface area contributed by atoms with Crippen LogP contribution in [0.15, 0.2) is 41.3 Å². The monoisotopic (exact) mass is 357 g/mol. The van der Waals surface area contributed by atoms with Gasteiger partial charge in [0, 0.05) is 35.0 Å². The summed E-state index contributed by atoms with van der Waals surface area (Å²) in [6, 6.07) is 7.42. The van der Waals surface area contributed by atoms with Gasteiger partial charge in [0.25, 0.3) is 5.56 Å². The Labute approximate surface area is 150 Å². The van der Waals surface area contributed by atoms with Crippen molar-refractivity contribution in [3.05, 3.63) is 68.9 Å². The van der Waals surface area contributed by atoms with E-state index in [4.69, 9.17) is 17.3 Å². The number of aromatic nitrogens is 2. The van der Waals surface area contributed by atoms with Crippen molar-refractivity contribution in [2.24, 2.45) is 5.73 Å². The quantitative estimate of drug-likeness (QED) is 0.588. The lowest BCUT2D eigenvalue weighted by atomic mass is 10.0. The first-order valence-electron chi connectivity index (χ1n) is 8.38. The van der Waals surface area contributed by atoms with Gasteiger partial charge in [-0.25, -0.2) is 4.98 Å². The highest BCUT2D eigenvalue weighted by atomic mass is 35.5. The second-order valence-electron chi connectivity index (χ2n) is 6.28. The number of carbonyl (C=O) groups is 1. The summed E-state index contributed by atoms with van der Waals surface area (Å²) in [5.41, 5.74) is 8.46. The van der Waals surface area contributed by atoms with E-state index >= 15 is 0 Å². The van der Waals surface area contributed by atoms with Crippen LogP contribution >= 0.6 is 11.6 Å². The maximum atomic E-state index is 12.3. The summed E-state index contributed by atoms with van der Waals surface area (Å²) in [4.78, 5) is 30.4. The van der Waals surface area contributed by atoms with Gasteiger partial charge in [-0.1, -0.05) is 23.7 Å². The van der Waals surface area contributed by atoms with Crippen molar-refractivity contribution in [1.82, 2.24) is 9.97 Å². The van der Waals surface area contributed by atoms with Gasteiger partial charge in [0.1, 0.15) is 5.15 Å². The number of hydrogen-bond acceptors (Lipinski definition) is 3.